The number of aromatic nitrogens is 1. The van der Waals surface area contributed by atoms with Crippen LogP contribution in [0.5, 0.6) is 0 Å². The number of ether oxygens (including phenoxy) is 1. The molecule has 2 heterocycles. The number of nitrogens with two attached hydrogens (primary N) is 1. The molecule has 1 aromatic carbocycles. The van der Waals surface area contributed by atoms with Gasteiger partial charge in [-0.3, -0.25) is 0 Å². The van der Waals surface area contributed by atoms with Gasteiger partial charge in [-0.1, -0.05) is 6.07 Å². The molecule has 1 aliphatic rings. The molecule has 24 heavy (non-hydrogen) atoms. The number of halogens is 2. The first-order valence-electron chi connectivity index (χ1n) is 7.15. The van der Waals surface area contributed by atoms with Crippen LogP contribution in [0, 0.1) is 11.6 Å². The molecule has 3 rings (SSSR count). The van der Waals surface area contributed by atoms with Gasteiger partial charge in [0.25, 0.3) is 0 Å². The molecule has 1 saturated heterocycles. The molecule has 2 N–H and O–H groups in total. The SMILES string of the molecule is NS(=O)(=O)c1cccnc1N1CCO[C@H](c2ccc(F)c(F)c2)C1. The highest BCUT2D eigenvalue weighted by Gasteiger charge is 2.27. The first kappa shape index (κ1) is 16.7. The Kier molecular flexibility index (Phi) is 4.48. The van der Waals surface area contributed by atoms with E-state index in [1.54, 1.807) is 4.90 Å². The number of nitrogens with zero attached hydrogens (tertiary/aromatic N) is 2. The van der Waals surface area contributed by atoms with Crippen LogP contribution in [0.15, 0.2) is 41.4 Å². The zero-order chi connectivity index (χ0) is 17.3. The maximum absolute atomic E-state index is 13.4. The summed E-state index contributed by atoms with van der Waals surface area (Å²) in [6.07, 6.45) is 0.927. The summed E-state index contributed by atoms with van der Waals surface area (Å²) < 4.78 is 55.5. The third-order valence-corrected chi connectivity index (χ3v) is 4.67. The lowest BCUT2D eigenvalue weighted by Crippen LogP contribution is -2.40. The Morgan fingerprint density at radius 3 is 2.75 bits per heavy atom. The molecule has 0 radical (unpaired) electrons. The van der Waals surface area contributed by atoms with Crippen LogP contribution in [0.1, 0.15) is 11.7 Å². The fourth-order valence-corrected chi connectivity index (χ4v) is 3.30. The van der Waals surface area contributed by atoms with Crippen LogP contribution in [-0.4, -0.2) is 33.1 Å². The van der Waals surface area contributed by atoms with Gasteiger partial charge in [-0.2, -0.15) is 0 Å². The van der Waals surface area contributed by atoms with Crippen molar-refractivity contribution in [3.63, 3.8) is 0 Å². The Hall–Kier alpha value is -2.10. The van der Waals surface area contributed by atoms with Crippen LogP contribution in [0.3, 0.4) is 0 Å². The molecule has 2 aromatic rings. The Balaban J connectivity index is 1.90. The van der Waals surface area contributed by atoms with Gasteiger partial charge in [-0.05, 0) is 29.8 Å². The van der Waals surface area contributed by atoms with Gasteiger partial charge in [0.1, 0.15) is 16.8 Å². The van der Waals surface area contributed by atoms with Crippen molar-refractivity contribution in [2.45, 2.75) is 11.0 Å². The van der Waals surface area contributed by atoms with Gasteiger partial charge in [0, 0.05) is 19.3 Å². The lowest BCUT2D eigenvalue weighted by atomic mass is 10.1. The third kappa shape index (κ3) is 3.37. The van der Waals surface area contributed by atoms with E-state index >= 15 is 0 Å². The highest BCUT2D eigenvalue weighted by atomic mass is 32.2. The second-order valence-corrected chi connectivity index (χ2v) is 6.88. The second-order valence-electron chi connectivity index (χ2n) is 5.35. The zero-order valence-corrected chi connectivity index (χ0v) is 13.3. The molecular formula is C15H15F2N3O3S. The fraction of sp³-hybridized carbons (Fsp3) is 0.267. The first-order chi connectivity index (χ1) is 11.4. The average Bonchev–Trinajstić information content (AvgIpc) is 2.57. The third-order valence-electron chi connectivity index (χ3n) is 3.74. The number of anilines is 1. The van der Waals surface area contributed by atoms with E-state index in [0.717, 1.165) is 12.1 Å². The lowest BCUT2D eigenvalue weighted by Gasteiger charge is -2.34. The van der Waals surface area contributed by atoms with Crippen LogP contribution >= 0.6 is 0 Å². The van der Waals surface area contributed by atoms with E-state index < -0.39 is 27.8 Å². The summed E-state index contributed by atoms with van der Waals surface area (Å²) in [5, 5.41) is 5.23. The van der Waals surface area contributed by atoms with Crippen LogP contribution in [0.4, 0.5) is 14.6 Å². The van der Waals surface area contributed by atoms with E-state index in [4.69, 9.17) is 9.88 Å². The number of primary sulfonamides is 1. The highest BCUT2D eigenvalue weighted by molar-refractivity contribution is 7.89. The van der Waals surface area contributed by atoms with Crippen LogP contribution in [0.2, 0.25) is 0 Å². The highest BCUT2D eigenvalue weighted by Crippen LogP contribution is 2.29. The largest absolute Gasteiger partial charge is 0.370 e. The van der Waals surface area contributed by atoms with E-state index in [9.17, 15) is 17.2 Å². The molecule has 1 fully saturated rings. The number of pyridine rings is 1. The molecule has 0 spiro atoms. The number of hydrogen-bond acceptors (Lipinski definition) is 5. The molecule has 1 atom stereocenters. The second kappa shape index (κ2) is 6.42. The molecule has 128 valence electrons. The Labute approximate surface area is 137 Å². The molecule has 6 nitrogen and oxygen atoms in total. The smallest absolute Gasteiger partial charge is 0.241 e. The maximum Gasteiger partial charge on any atom is 0.241 e. The van der Waals surface area contributed by atoms with Gasteiger partial charge >= 0.3 is 0 Å². The van der Waals surface area contributed by atoms with Crippen LogP contribution < -0.4 is 10.0 Å². The minimum Gasteiger partial charge on any atom is -0.370 e. The van der Waals surface area contributed by atoms with Crippen molar-refractivity contribution in [1.82, 2.24) is 4.98 Å². The summed E-state index contributed by atoms with van der Waals surface area (Å²) in [5.74, 6) is -1.68. The van der Waals surface area contributed by atoms with Crippen LogP contribution in [-0.2, 0) is 14.8 Å². The molecule has 0 bridgehead atoms. The minimum absolute atomic E-state index is 0.0871. The number of hydrogen-bond donors (Lipinski definition) is 1. The van der Waals surface area contributed by atoms with Crippen molar-refractivity contribution in [1.29, 1.82) is 0 Å². The summed E-state index contributed by atoms with van der Waals surface area (Å²) in [5.41, 5.74) is 0.465. The first-order valence-corrected chi connectivity index (χ1v) is 8.70. The van der Waals surface area contributed by atoms with Crippen molar-refractivity contribution < 1.29 is 21.9 Å². The molecule has 9 heteroatoms. The zero-order valence-electron chi connectivity index (χ0n) is 12.5. The van der Waals surface area contributed by atoms with E-state index in [0.29, 0.717) is 12.1 Å². The van der Waals surface area contributed by atoms with Gasteiger partial charge in [0.2, 0.25) is 10.0 Å². The van der Waals surface area contributed by atoms with E-state index in [1.165, 1.54) is 24.4 Å². The van der Waals surface area contributed by atoms with Crippen molar-refractivity contribution in [3.8, 4) is 0 Å². The molecule has 0 amide bonds. The summed E-state index contributed by atoms with van der Waals surface area (Å²) in [7, 11) is -3.93. The van der Waals surface area contributed by atoms with Gasteiger partial charge < -0.3 is 9.64 Å². The predicted octanol–water partition coefficient (Wildman–Crippen LogP) is 1.59. The van der Waals surface area contributed by atoms with Crippen LogP contribution in [0.25, 0.3) is 0 Å². The normalized spacial score (nSPS) is 18.6. The van der Waals surface area contributed by atoms with E-state index in [-0.39, 0.29) is 23.9 Å². The number of morpholine rings is 1. The maximum atomic E-state index is 13.4. The number of benzene rings is 1. The molecule has 1 aromatic heterocycles. The molecule has 0 saturated carbocycles. The average molecular weight is 355 g/mol. The summed E-state index contributed by atoms with van der Waals surface area (Å²) in [4.78, 5) is 5.72. The molecule has 1 aliphatic heterocycles. The van der Waals surface area contributed by atoms with Crippen molar-refractivity contribution in [2.24, 2.45) is 5.14 Å². The van der Waals surface area contributed by atoms with Gasteiger partial charge in [-0.25, -0.2) is 27.3 Å². The summed E-state index contributed by atoms with van der Waals surface area (Å²) in [6, 6.07) is 6.40. The summed E-state index contributed by atoms with van der Waals surface area (Å²) >= 11 is 0. The Morgan fingerprint density at radius 2 is 2.04 bits per heavy atom. The lowest BCUT2D eigenvalue weighted by molar-refractivity contribution is 0.0391. The van der Waals surface area contributed by atoms with E-state index in [2.05, 4.69) is 4.98 Å². The van der Waals surface area contributed by atoms with Crippen molar-refractivity contribution in [3.05, 3.63) is 53.7 Å². The standard InChI is InChI=1S/C15H15F2N3O3S/c16-11-4-3-10(8-12(11)17)13-9-20(6-7-23-13)15-14(24(18,21)22)2-1-5-19-15/h1-5,8,13H,6-7,9H2,(H2,18,21,22)/t13-/m0/s1. The monoisotopic (exact) mass is 355 g/mol. The molecule has 0 aliphatic carbocycles. The van der Waals surface area contributed by atoms with E-state index in [1.807, 2.05) is 0 Å². The van der Waals surface area contributed by atoms with Gasteiger partial charge in [0.15, 0.2) is 11.6 Å². The molecular weight excluding hydrogens is 340 g/mol. The minimum atomic E-state index is -3.93. The number of sulfonamides is 1. The van der Waals surface area contributed by atoms with Crippen molar-refractivity contribution in [2.75, 3.05) is 24.6 Å². The Bertz CT molecular complexity index is 861. The van der Waals surface area contributed by atoms with Crippen molar-refractivity contribution >= 4 is 15.8 Å². The van der Waals surface area contributed by atoms with Gasteiger partial charge in [-0.15, -0.1) is 0 Å². The topological polar surface area (TPSA) is 85.5 Å². The Morgan fingerprint density at radius 1 is 1.25 bits per heavy atom. The van der Waals surface area contributed by atoms with Gasteiger partial charge in [0.05, 0.1) is 6.61 Å². The quantitative estimate of drug-likeness (QED) is 0.904. The fourth-order valence-electron chi connectivity index (χ4n) is 2.60. The number of rotatable bonds is 3. The summed E-state index contributed by atoms with van der Waals surface area (Å²) in [6.45, 7) is 0.925. The predicted molar refractivity (Wildman–Crippen MR) is 82.9 cm³/mol. The molecule has 0 unspecified atom stereocenters.